The molecule has 0 spiro atoms. The van der Waals surface area contributed by atoms with Gasteiger partial charge in [-0.05, 0) is 40.7 Å². The highest BCUT2D eigenvalue weighted by Crippen LogP contribution is 2.35. The van der Waals surface area contributed by atoms with Crippen molar-refractivity contribution in [3.05, 3.63) is 52.1 Å². The van der Waals surface area contributed by atoms with Crippen LogP contribution in [-0.4, -0.2) is 13.7 Å². The Morgan fingerprint density at radius 1 is 1.42 bits per heavy atom. The van der Waals surface area contributed by atoms with Crippen molar-refractivity contribution in [3.63, 3.8) is 0 Å². The lowest BCUT2D eigenvalue weighted by molar-refractivity contribution is 0.384. The first-order chi connectivity index (χ1) is 9.19. The first kappa shape index (κ1) is 14.1. The third kappa shape index (κ3) is 2.82. The number of ether oxygens (including phenoxy) is 1. The molecule has 0 saturated heterocycles. The summed E-state index contributed by atoms with van der Waals surface area (Å²) in [6.45, 7) is 2.63. The standard InChI is InChI=1S/C14H15BrFNO2/c1-3-17-13(14-9(15)7-8-19-14)12-10(16)5-4-6-11(12)18-2/h4-8,13,17H,3H2,1-2H3. The minimum atomic E-state index is -0.398. The lowest BCUT2D eigenvalue weighted by Gasteiger charge is -2.20. The lowest BCUT2D eigenvalue weighted by Crippen LogP contribution is -2.23. The molecule has 1 N–H and O–H groups in total. The zero-order valence-electron chi connectivity index (χ0n) is 10.7. The molecule has 1 unspecified atom stereocenters. The fourth-order valence-electron chi connectivity index (χ4n) is 2.02. The topological polar surface area (TPSA) is 34.4 Å². The fraction of sp³-hybridized carbons (Fsp3) is 0.286. The van der Waals surface area contributed by atoms with Gasteiger partial charge in [0, 0.05) is 0 Å². The molecule has 0 saturated carbocycles. The minimum Gasteiger partial charge on any atom is -0.496 e. The van der Waals surface area contributed by atoms with Gasteiger partial charge >= 0.3 is 0 Å². The van der Waals surface area contributed by atoms with Crippen molar-refractivity contribution < 1.29 is 13.5 Å². The summed E-state index contributed by atoms with van der Waals surface area (Å²) in [4.78, 5) is 0. The molecule has 1 heterocycles. The van der Waals surface area contributed by atoms with Gasteiger partial charge < -0.3 is 14.5 Å². The van der Waals surface area contributed by atoms with E-state index in [1.807, 2.05) is 6.92 Å². The molecule has 5 heteroatoms. The molecule has 102 valence electrons. The number of rotatable bonds is 5. The Morgan fingerprint density at radius 2 is 2.21 bits per heavy atom. The predicted molar refractivity (Wildman–Crippen MR) is 74.9 cm³/mol. The van der Waals surface area contributed by atoms with Crippen LogP contribution in [0, 0.1) is 5.82 Å². The predicted octanol–water partition coefficient (Wildman–Crippen LogP) is 3.89. The Bertz CT molecular complexity index is 556. The molecule has 1 aromatic heterocycles. The maximum absolute atomic E-state index is 14.2. The highest BCUT2D eigenvalue weighted by molar-refractivity contribution is 9.10. The lowest BCUT2D eigenvalue weighted by atomic mass is 10.0. The highest BCUT2D eigenvalue weighted by Gasteiger charge is 2.25. The second kappa shape index (κ2) is 6.21. The van der Waals surface area contributed by atoms with Crippen molar-refractivity contribution in [2.75, 3.05) is 13.7 Å². The van der Waals surface area contributed by atoms with Crippen LogP contribution in [0.3, 0.4) is 0 Å². The van der Waals surface area contributed by atoms with E-state index in [0.29, 0.717) is 23.6 Å². The van der Waals surface area contributed by atoms with Gasteiger partial charge in [-0.1, -0.05) is 13.0 Å². The van der Waals surface area contributed by atoms with E-state index in [2.05, 4.69) is 21.2 Å². The molecule has 2 aromatic rings. The van der Waals surface area contributed by atoms with Gasteiger partial charge in [0.2, 0.25) is 0 Å². The smallest absolute Gasteiger partial charge is 0.139 e. The van der Waals surface area contributed by atoms with Crippen molar-refractivity contribution in [3.8, 4) is 5.75 Å². The molecular formula is C14H15BrFNO2. The number of hydrogen-bond acceptors (Lipinski definition) is 3. The monoisotopic (exact) mass is 327 g/mol. The number of furan rings is 1. The van der Waals surface area contributed by atoms with E-state index >= 15 is 0 Å². The first-order valence-electron chi connectivity index (χ1n) is 5.97. The molecule has 0 aliphatic carbocycles. The second-order valence-corrected chi connectivity index (χ2v) is 4.83. The van der Waals surface area contributed by atoms with E-state index in [4.69, 9.17) is 9.15 Å². The van der Waals surface area contributed by atoms with Gasteiger partial charge in [-0.15, -0.1) is 0 Å². The number of halogens is 2. The Hall–Kier alpha value is -1.33. The van der Waals surface area contributed by atoms with Crippen LogP contribution in [0.1, 0.15) is 24.3 Å². The van der Waals surface area contributed by atoms with Gasteiger partial charge in [0.15, 0.2) is 0 Å². The number of hydrogen-bond donors (Lipinski definition) is 1. The molecule has 1 aromatic carbocycles. The van der Waals surface area contributed by atoms with Crippen LogP contribution in [0.2, 0.25) is 0 Å². The van der Waals surface area contributed by atoms with Crippen LogP contribution in [0.5, 0.6) is 5.75 Å². The molecule has 0 aliphatic rings. The Balaban J connectivity index is 2.54. The summed E-state index contributed by atoms with van der Waals surface area (Å²) < 4.78 is 25.7. The van der Waals surface area contributed by atoms with Crippen molar-refractivity contribution in [2.24, 2.45) is 0 Å². The van der Waals surface area contributed by atoms with E-state index in [9.17, 15) is 4.39 Å². The Kier molecular flexibility index (Phi) is 4.61. The van der Waals surface area contributed by atoms with Crippen LogP contribution in [0.25, 0.3) is 0 Å². The summed E-state index contributed by atoms with van der Waals surface area (Å²) in [5.74, 6) is 0.799. The third-order valence-corrected chi connectivity index (χ3v) is 3.49. The molecule has 3 nitrogen and oxygen atoms in total. The summed E-state index contributed by atoms with van der Waals surface area (Å²) in [6.07, 6.45) is 1.57. The first-order valence-corrected chi connectivity index (χ1v) is 6.77. The number of benzene rings is 1. The van der Waals surface area contributed by atoms with E-state index in [-0.39, 0.29) is 5.82 Å². The molecule has 19 heavy (non-hydrogen) atoms. The number of nitrogens with one attached hydrogen (secondary N) is 1. The fourth-order valence-corrected chi connectivity index (χ4v) is 2.45. The van der Waals surface area contributed by atoms with Gasteiger partial charge in [-0.3, -0.25) is 0 Å². The quantitative estimate of drug-likeness (QED) is 0.904. The number of methoxy groups -OCH3 is 1. The third-order valence-electron chi connectivity index (χ3n) is 2.84. The van der Waals surface area contributed by atoms with Gasteiger partial charge in [-0.25, -0.2) is 4.39 Å². The van der Waals surface area contributed by atoms with E-state index in [0.717, 1.165) is 4.47 Å². The van der Waals surface area contributed by atoms with Gasteiger partial charge in [0.05, 0.1) is 29.5 Å². The molecule has 0 amide bonds. The second-order valence-electron chi connectivity index (χ2n) is 3.98. The highest BCUT2D eigenvalue weighted by atomic mass is 79.9. The SMILES string of the molecule is CCNC(c1occc1Br)c1c(F)cccc1OC. The molecule has 0 bridgehead atoms. The largest absolute Gasteiger partial charge is 0.496 e. The Morgan fingerprint density at radius 3 is 2.79 bits per heavy atom. The maximum atomic E-state index is 14.2. The zero-order valence-corrected chi connectivity index (χ0v) is 12.3. The summed E-state index contributed by atoms with van der Waals surface area (Å²) >= 11 is 3.41. The van der Waals surface area contributed by atoms with Gasteiger partial charge in [0.1, 0.15) is 17.3 Å². The van der Waals surface area contributed by atoms with Crippen molar-refractivity contribution in [2.45, 2.75) is 13.0 Å². The zero-order chi connectivity index (χ0) is 13.8. The van der Waals surface area contributed by atoms with Crippen molar-refractivity contribution in [1.82, 2.24) is 5.32 Å². The average Bonchev–Trinajstić information content (AvgIpc) is 2.82. The van der Waals surface area contributed by atoms with Gasteiger partial charge in [0.25, 0.3) is 0 Å². The summed E-state index contributed by atoms with van der Waals surface area (Å²) in [5.41, 5.74) is 0.447. The summed E-state index contributed by atoms with van der Waals surface area (Å²) in [5, 5.41) is 3.21. The minimum absolute atomic E-state index is 0.325. The molecule has 1 atom stereocenters. The van der Waals surface area contributed by atoms with E-state index < -0.39 is 6.04 Å². The summed E-state index contributed by atoms with van der Waals surface area (Å²) in [7, 11) is 1.53. The van der Waals surface area contributed by atoms with Crippen molar-refractivity contribution in [1.29, 1.82) is 0 Å². The van der Waals surface area contributed by atoms with E-state index in [1.54, 1.807) is 24.5 Å². The molecule has 2 rings (SSSR count). The normalized spacial score (nSPS) is 12.4. The van der Waals surface area contributed by atoms with Crippen molar-refractivity contribution >= 4 is 15.9 Å². The van der Waals surface area contributed by atoms with Gasteiger partial charge in [-0.2, -0.15) is 0 Å². The molecule has 0 radical (unpaired) electrons. The Labute approximate surface area is 119 Å². The van der Waals surface area contributed by atoms with Crippen LogP contribution in [0.15, 0.2) is 39.4 Å². The molecule has 0 fully saturated rings. The average molecular weight is 328 g/mol. The van der Waals surface area contributed by atoms with Crippen LogP contribution in [0.4, 0.5) is 4.39 Å². The van der Waals surface area contributed by atoms with Crippen LogP contribution < -0.4 is 10.1 Å². The van der Waals surface area contributed by atoms with Crippen LogP contribution in [-0.2, 0) is 0 Å². The molecule has 0 aliphatic heterocycles. The summed E-state index contributed by atoms with van der Waals surface area (Å²) in [6, 6.07) is 6.16. The van der Waals surface area contributed by atoms with Crippen LogP contribution >= 0.6 is 15.9 Å². The van der Waals surface area contributed by atoms with E-state index in [1.165, 1.54) is 13.2 Å². The maximum Gasteiger partial charge on any atom is 0.139 e. The molecular weight excluding hydrogens is 313 g/mol.